The van der Waals surface area contributed by atoms with Crippen molar-refractivity contribution in [2.24, 2.45) is 11.7 Å². The van der Waals surface area contributed by atoms with Gasteiger partial charge in [0.2, 0.25) is 11.8 Å². The Kier molecular flexibility index (Phi) is 6.04. The summed E-state index contributed by atoms with van der Waals surface area (Å²) in [6.45, 7) is 6.42. The molecule has 3 rings (SSSR count). The molecule has 1 atom stereocenters. The second-order valence-electron chi connectivity index (χ2n) is 7.12. The van der Waals surface area contributed by atoms with E-state index < -0.39 is 0 Å². The molecule has 1 aromatic carbocycles. The Morgan fingerprint density at radius 2 is 1.68 bits per heavy atom. The standard InChI is InChI=1S/C19H28N4O2/c20-19(25)17-7-4-8-23(14-17)18(24)15-22-11-9-21(10-12-22)13-16-5-2-1-3-6-16/h1-3,5-6,17H,4,7-15H2,(H2,20,25). The van der Waals surface area contributed by atoms with Crippen molar-refractivity contribution in [2.45, 2.75) is 19.4 Å². The van der Waals surface area contributed by atoms with Crippen molar-refractivity contribution >= 4 is 11.8 Å². The molecule has 0 radical (unpaired) electrons. The molecule has 0 bridgehead atoms. The van der Waals surface area contributed by atoms with E-state index in [2.05, 4.69) is 34.1 Å². The number of hydrogen-bond acceptors (Lipinski definition) is 4. The minimum Gasteiger partial charge on any atom is -0.369 e. The summed E-state index contributed by atoms with van der Waals surface area (Å²) in [4.78, 5) is 30.4. The first-order chi connectivity index (χ1) is 12.1. The van der Waals surface area contributed by atoms with Gasteiger partial charge in [-0.05, 0) is 18.4 Å². The van der Waals surface area contributed by atoms with E-state index in [1.165, 1.54) is 5.56 Å². The van der Waals surface area contributed by atoms with Gasteiger partial charge >= 0.3 is 0 Å². The zero-order chi connectivity index (χ0) is 17.6. The highest BCUT2D eigenvalue weighted by Gasteiger charge is 2.28. The van der Waals surface area contributed by atoms with Gasteiger partial charge in [-0.2, -0.15) is 0 Å². The van der Waals surface area contributed by atoms with Gasteiger partial charge in [-0.1, -0.05) is 30.3 Å². The predicted molar refractivity (Wildman–Crippen MR) is 96.7 cm³/mol. The second kappa shape index (κ2) is 8.45. The van der Waals surface area contributed by atoms with Gasteiger partial charge < -0.3 is 10.6 Å². The van der Waals surface area contributed by atoms with Crippen LogP contribution in [0.2, 0.25) is 0 Å². The van der Waals surface area contributed by atoms with E-state index in [0.717, 1.165) is 52.1 Å². The first kappa shape index (κ1) is 17.9. The number of carbonyl (C=O) groups excluding carboxylic acids is 2. The van der Waals surface area contributed by atoms with Crippen LogP contribution in [0.5, 0.6) is 0 Å². The fraction of sp³-hybridized carbons (Fsp3) is 0.579. The Hall–Kier alpha value is -1.92. The zero-order valence-electron chi connectivity index (χ0n) is 14.8. The van der Waals surface area contributed by atoms with Crippen LogP contribution in [0, 0.1) is 5.92 Å². The van der Waals surface area contributed by atoms with Gasteiger partial charge in [0.15, 0.2) is 0 Å². The summed E-state index contributed by atoms with van der Waals surface area (Å²) in [5.74, 6) is -0.338. The number of nitrogens with two attached hydrogens (primary N) is 1. The highest BCUT2D eigenvalue weighted by molar-refractivity contribution is 5.81. The third kappa shape index (κ3) is 5.03. The molecule has 2 fully saturated rings. The third-order valence-corrected chi connectivity index (χ3v) is 5.25. The van der Waals surface area contributed by atoms with Crippen LogP contribution in [0.4, 0.5) is 0 Å². The predicted octanol–water partition coefficient (Wildman–Crippen LogP) is 0.528. The molecular weight excluding hydrogens is 316 g/mol. The quantitative estimate of drug-likeness (QED) is 0.846. The number of hydrogen-bond donors (Lipinski definition) is 1. The Balaban J connectivity index is 1.42. The topological polar surface area (TPSA) is 69.9 Å². The Labute approximate surface area is 149 Å². The van der Waals surface area contributed by atoms with Crippen LogP contribution in [0.25, 0.3) is 0 Å². The van der Waals surface area contributed by atoms with Gasteiger partial charge in [-0.25, -0.2) is 0 Å². The lowest BCUT2D eigenvalue weighted by Gasteiger charge is -2.37. The molecule has 2 aliphatic heterocycles. The number of piperazine rings is 1. The van der Waals surface area contributed by atoms with E-state index in [1.807, 2.05) is 11.0 Å². The lowest BCUT2D eigenvalue weighted by Crippen LogP contribution is -2.51. The number of likely N-dealkylation sites (tertiary alicyclic amines) is 1. The Bertz CT molecular complexity index is 584. The molecule has 2 N–H and O–H groups in total. The average molecular weight is 344 g/mol. The van der Waals surface area contributed by atoms with Crippen molar-refractivity contribution in [3.8, 4) is 0 Å². The number of piperidine rings is 1. The zero-order valence-corrected chi connectivity index (χ0v) is 14.8. The van der Waals surface area contributed by atoms with E-state index in [1.54, 1.807) is 0 Å². The van der Waals surface area contributed by atoms with Crippen molar-refractivity contribution in [1.82, 2.24) is 14.7 Å². The summed E-state index contributed by atoms with van der Waals surface area (Å²) in [6, 6.07) is 10.5. The molecule has 0 spiro atoms. The van der Waals surface area contributed by atoms with Crippen LogP contribution in [0.3, 0.4) is 0 Å². The number of rotatable bonds is 5. The molecule has 1 aromatic rings. The summed E-state index contributed by atoms with van der Waals surface area (Å²) >= 11 is 0. The minimum absolute atomic E-state index is 0.127. The average Bonchev–Trinajstić information content (AvgIpc) is 2.64. The minimum atomic E-state index is -0.285. The summed E-state index contributed by atoms with van der Waals surface area (Å²) in [5, 5.41) is 0. The normalized spacial score (nSPS) is 22.7. The molecule has 1 unspecified atom stereocenters. The van der Waals surface area contributed by atoms with Crippen LogP contribution in [0.1, 0.15) is 18.4 Å². The van der Waals surface area contributed by atoms with Gasteiger partial charge in [0, 0.05) is 45.8 Å². The van der Waals surface area contributed by atoms with Crippen molar-refractivity contribution < 1.29 is 9.59 Å². The number of nitrogens with zero attached hydrogens (tertiary/aromatic N) is 3. The molecular formula is C19H28N4O2. The lowest BCUT2D eigenvalue weighted by molar-refractivity contribution is -0.136. The maximum absolute atomic E-state index is 12.5. The van der Waals surface area contributed by atoms with E-state index in [9.17, 15) is 9.59 Å². The van der Waals surface area contributed by atoms with Crippen LogP contribution in [-0.2, 0) is 16.1 Å². The first-order valence-corrected chi connectivity index (χ1v) is 9.17. The van der Waals surface area contributed by atoms with E-state index in [4.69, 9.17) is 5.73 Å². The van der Waals surface area contributed by atoms with Gasteiger partial charge in [0.05, 0.1) is 12.5 Å². The third-order valence-electron chi connectivity index (χ3n) is 5.25. The van der Waals surface area contributed by atoms with Crippen molar-refractivity contribution in [1.29, 1.82) is 0 Å². The van der Waals surface area contributed by atoms with E-state index in [-0.39, 0.29) is 17.7 Å². The van der Waals surface area contributed by atoms with Crippen LogP contribution in [-0.4, -0.2) is 72.3 Å². The lowest BCUT2D eigenvalue weighted by atomic mass is 9.97. The largest absolute Gasteiger partial charge is 0.369 e. The highest BCUT2D eigenvalue weighted by Crippen LogP contribution is 2.16. The summed E-state index contributed by atoms with van der Waals surface area (Å²) < 4.78 is 0. The molecule has 6 nitrogen and oxygen atoms in total. The fourth-order valence-electron chi connectivity index (χ4n) is 3.67. The number of amides is 2. The number of benzene rings is 1. The smallest absolute Gasteiger partial charge is 0.236 e. The summed E-state index contributed by atoms with van der Waals surface area (Å²) in [5.41, 5.74) is 6.73. The maximum Gasteiger partial charge on any atom is 0.236 e. The van der Waals surface area contributed by atoms with Crippen LogP contribution < -0.4 is 5.73 Å². The molecule has 136 valence electrons. The van der Waals surface area contributed by atoms with Gasteiger partial charge in [0.1, 0.15) is 0 Å². The number of primary amides is 1. The van der Waals surface area contributed by atoms with Crippen LogP contribution in [0.15, 0.2) is 30.3 Å². The summed E-state index contributed by atoms with van der Waals surface area (Å²) in [7, 11) is 0. The van der Waals surface area contributed by atoms with Crippen molar-refractivity contribution in [2.75, 3.05) is 45.8 Å². The van der Waals surface area contributed by atoms with E-state index in [0.29, 0.717) is 13.1 Å². The molecule has 0 saturated carbocycles. The second-order valence-corrected chi connectivity index (χ2v) is 7.12. The Morgan fingerprint density at radius 1 is 1.00 bits per heavy atom. The maximum atomic E-state index is 12.5. The molecule has 2 heterocycles. The van der Waals surface area contributed by atoms with Crippen LogP contribution >= 0.6 is 0 Å². The monoisotopic (exact) mass is 344 g/mol. The number of carbonyl (C=O) groups is 2. The molecule has 2 aliphatic rings. The Morgan fingerprint density at radius 3 is 2.36 bits per heavy atom. The molecule has 25 heavy (non-hydrogen) atoms. The molecule has 2 amide bonds. The van der Waals surface area contributed by atoms with Gasteiger partial charge in [-0.15, -0.1) is 0 Å². The van der Waals surface area contributed by atoms with Gasteiger partial charge in [0.25, 0.3) is 0 Å². The van der Waals surface area contributed by atoms with Crippen molar-refractivity contribution in [3.63, 3.8) is 0 Å². The molecule has 6 heteroatoms. The fourth-order valence-corrected chi connectivity index (χ4v) is 3.67. The molecule has 0 aliphatic carbocycles. The van der Waals surface area contributed by atoms with E-state index >= 15 is 0 Å². The molecule has 0 aromatic heterocycles. The first-order valence-electron chi connectivity index (χ1n) is 9.17. The highest BCUT2D eigenvalue weighted by atomic mass is 16.2. The SMILES string of the molecule is NC(=O)C1CCCN(C(=O)CN2CCN(Cc3ccccc3)CC2)C1. The summed E-state index contributed by atoms with van der Waals surface area (Å²) in [6.07, 6.45) is 1.67. The molecule has 2 saturated heterocycles. The van der Waals surface area contributed by atoms with Crippen molar-refractivity contribution in [3.05, 3.63) is 35.9 Å². The van der Waals surface area contributed by atoms with Gasteiger partial charge in [-0.3, -0.25) is 19.4 Å².